The van der Waals surface area contributed by atoms with Gasteiger partial charge in [-0.05, 0) is 37.3 Å². The molecule has 1 N–H and O–H groups in total. The minimum absolute atomic E-state index is 0.578. The molecule has 24 heavy (non-hydrogen) atoms. The summed E-state index contributed by atoms with van der Waals surface area (Å²) in [7, 11) is 3.24. The minimum Gasteiger partial charge on any atom is -0.496 e. The van der Waals surface area contributed by atoms with Crippen LogP contribution in [0.15, 0.2) is 42.5 Å². The van der Waals surface area contributed by atoms with Gasteiger partial charge in [0.25, 0.3) is 0 Å². The van der Waals surface area contributed by atoms with Crippen LogP contribution in [0, 0.1) is 0 Å². The summed E-state index contributed by atoms with van der Waals surface area (Å²) in [5, 5.41) is 7.26. The van der Waals surface area contributed by atoms with Crippen LogP contribution in [0.5, 0.6) is 17.2 Å². The molecule has 0 saturated heterocycles. The highest BCUT2D eigenvalue weighted by Crippen LogP contribution is 2.33. The standard InChI is InChI=1S/C18H19N3O3/c1-4-24-15-10-9-12(11-16(15)23-3)17-19-18(21-20-17)13-7-5-6-8-14(13)22-2/h5-11H,4H2,1-3H3,(H,19,20,21). The smallest absolute Gasteiger partial charge is 0.181 e. The minimum atomic E-state index is 0.578. The van der Waals surface area contributed by atoms with Crippen molar-refractivity contribution >= 4 is 0 Å². The third-order valence-electron chi connectivity index (χ3n) is 3.57. The Hall–Kier alpha value is -3.02. The van der Waals surface area contributed by atoms with Gasteiger partial charge in [0.15, 0.2) is 23.1 Å². The van der Waals surface area contributed by atoms with Gasteiger partial charge in [-0.25, -0.2) is 4.98 Å². The molecule has 0 amide bonds. The van der Waals surface area contributed by atoms with Crippen molar-refractivity contribution in [2.75, 3.05) is 20.8 Å². The van der Waals surface area contributed by atoms with Gasteiger partial charge in [-0.3, -0.25) is 5.10 Å². The maximum absolute atomic E-state index is 5.53. The Morgan fingerprint density at radius 1 is 0.958 bits per heavy atom. The summed E-state index contributed by atoms with van der Waals surface area (Å²) in [4.78, 5) is 4.57. The van der Waals surface area contributed by atoms with Gasteiger partial charge in [0, 0.05) is 5.56 Å². The fourth-order valence-corrected chi connectivity index (χ4v) is 2.43. The van der Waals surface area contributed by atoms with E-state index in [0.29, 0.717) is 29.8 Å². The van der Waals surface area contributed by atoms with E-state index in [1.54, 1.807) is 14.2 Å². The zero-order valence-corrected chi connectivity index (χ0v) is 13.9. The largest absolute Gasteiger partial charge is 0.496 e. The van der Waals surface area contributed by atoms with Crippen LogP contribution in [0.3, 0.4) is 0 Å². The van der Waals surface area contributed by atoms with Crippen LogP contribution < -0.4 is 14.2 Å². The Bertz CT molecular complexity index is 830. The summed E-state index contributed by atoms with van der Waals surface area (Å²) >= 11 is 0. The fraction of sp³-hybridized carbons (Fsp3) is 0.222. The van der Waals surface area contributed by atoms with E-state index in [4.69, 9.17) is 14.2 Å². The van der Waals surface area contributed by atoms with Crippen molar-refractivity contribution in [1.82, 2.24) is 15.2 Å². The second-order valence-corrected chi connectivity index (χ2v) is 5.01. The van der Waals surface area contributed by atoms with Crippen molar-refractivity contribution in [3.8, 4) is 40.0 Å². The van der Waals surface area contributed by atoms with Gasteiger partial charge in [-0.2, -0.15) is 5.10 Å². The van der Waals surface area contributed by atoms with E-state index >= 15 is 0 Å². The summed E-state index contributed by atoms with van der Waals surface area (Å²) < 4.78 is 16.3. The summed E-state index contributed by atoms with van der Waals surface area (Å²) in [5.74, 6) is 3.32. The number of H-pyrrole nitrogens is 1. The number of benzene rings is 2. The average molecular weight is 325 g/mol. The molecule has 2 aromatic carbocycles. The van der Waals surface area contributed by atoms with Gasteiger partial charge in [-0.1, -0.05) is 12.1 Å². The quantitative estimate of drug-likeness (QED) is 0.750. The molecule has 3 aromatic rings. The molecular formula is C18H19N3O3. The molecule has 0 bridgehead atoms. The second-order valence-electron chi connectivity index (χ2n) is 5.01. The lowest BCUT2D eigenvalue weighted by molar-refractivity contribution is 0.311. The van der Waals surface area contributed by atoms with E-state index in [1.165, 1.54) is 0 Å². The normalized spacial score (nSPS) is 10.5. The molecule has 0 aliphatic heterocycles. The third-order valence-corrected chi connectivity index (χ3v) is 3.57. The molecule has 0 radical (unpaired) electrons. The number of nitrogens with one attached hydrogen (secondary N) is 1. The molecule has 0 fully saturated rings. The van der Waals surface area contributed by atoms with Crippen molar-refractivity contribution in [2.24, 2.45) is 0 Å². The van der Waals surface area contributed by atoms with Gasteiger partial charge < -0.3 is 14.2 Å². The Kier molecular flexibility index (Phi) is 4.65. The third kappa shape index (κ3) is 3.03. The molecule has 3 rings (SSSR count). The highest BCUT2D eigenvalue weighted by Gasteiger charge is 2.13. The van der Waals surface area contributed by atoms with E-state index in [9.17, 15) is 0 Å². The van der Waals surface area contributed by atoms with E-state index in [2.05, 4.69) is 15.2 Å². The number of aromatic nitrogens is 3. The molecule has 124 valence electrons. The van der Waals surface area contributed by atoms with Crippen molar-refractivity contribution in [2.45, 2.75) is 6.92 Å². The highest BCUT2D eigenvalue weighted by atomic mass is 16.5. The van der Waals surface area contributed by atoms with Crippen LogP contribution in [-0.2, 0) is 0 Å². The van der Waals surface area contributed by atoms with Crippen molar-refractivity contribution in [3.63, 3.8) is 0 Å². The Balaban J connectivity index is 1.96. The Morgan fingerprint density at radius 3 is 2.50 bits per heavy atom. The number of rotatable bonds is 6. The maximum atomic E-state index is 5.53. The number of nitrogens with zero attached hydrogens (tertiary/aromatic N) is 2. The predicted molar refractivity (Wildman–Crippen MR) is 91.5 cm³/mol. The molecule has 1 heterocycles. The molecule has 0 unspecified atom stereocenters. The lowest BCUT2D eigenvalue weighted by atomic mass is 10.1. The van der Waals surface area contributed by atoms with Crippen LogP contribution in [0.2, 0.25) is 0 Å². The number of ether oxygens (including phenoxy) is 3. The first kappa shape index (κ1) is 15.9. The number of para-hydroxylation sites is 1. The second kappa shape index (κ2) is 7.04. The van der Waals surface area contributed by atoms with E-state index in [1.807, 2.05) is 49.4 Å². The van der Waals surface area contributed by atoms with Crippen molar-refractivity contribution < 1.29 is 14.2 Å². The van der Waals surface area contributed by atoms with Gasteiger partial charge >= 0.3 is 0 Å². The molecule has 6 heteroatoms. The predicted octanol–water partition coefficient (Wildman–Crippen LogP) is 3.55. The lowest BCUT2D eigenvalue weighted by Crippen LogP contribution is -1.95. The van der Waals surface area contributed by atoms with Crippen LogP contribution >= 0.6 is 0 Å². The van der Waals surface area contributed by atoms with Gasteiger partial charge in [0.05, 0.1) is 26.4 Å². The summed E-state index contributed by atoms with van der Waals surface area (Å²) in [6.07, 6.45) is 0. The van der Waals surface area contributed by atoms with Gasteiger partial charge in [-0.15, -0.1) is 0 Å². The van der Waals surface area contributed by atoms with Crippen LogP contribution in [0.1, 0.15) is 6.92 Å². The maximum Gasteiger partial charge on any atom is 0.181 e. The Morgan fingerprint density at radius 2 is 1.75 bits per heavy atom. The monoisotopic (exact) mass is 325 g/mol. The molecule has 6 nitrogen and oxygen atoms in total. The first-order chi connectivity index (χ1) is 11.8. The van der Waals surface area contributed by atoms with Crippen molar-refractivity contribution in [1.29, 1.82) is 0 Å². The Labute approximate surface area is 140 Å². The lowest BCUT2D eigenvalue weighted by Gasteiger charge is -2.09. The number of hydrogen-bond donors (Lipinski definition) is 1. The van der Waals surface area contributed by atoms with Gasteiger partial charge in [0.1, 0.15) is 5.75 Å². The van der Waals surface area contributed by atoms with Gasteiger partial charge in [0.2, 0.25) is 0 Å². The number of aromatic amines is 1. The first-order valence-electron chi connectivity index (χ1n) is 7.63. The zero-order valence-electron chi connectivity index (χ0n) is 13.9. The fourth-order valence-electron chi connectivity index (χ4n) is 2.43. The average Bonchev–Trinajstić information content (AvgIpc) is 3.12. The van der Waals surface area contributed by atoms with Crippen molar-refractivity contribution in [3.05, 3.63) is 42.5 Å². The summed E-state index contributed by atoms with van der Waals surface area (Å²) in [5.41, 5.74) is 1.70. The number of hydrogen-bond acceptors (Lipinski definition) is 5. The zero-order chi connectivity index (χ0) is 16.9. The molecule has 0 aliphatic carbocycles. The molecular weight excluding hydrogens is 306 g/mol. The highest BCUT2D eigenvalue weighted by molar-refractivity contribution is 5.67. The van der Waals surface area contributed by atoms with Crippen LogP contribution in [0.25, 0.3) is 22.8 Å². The van der Waals surface area contributed by atoms with E-state index in [0.717, 1.165) is 16.9 Å². The number of methoxy groups -OCH3 is 2. The summed E-state index contributed by atoms with van der Waals surface area (Å²) in [6, 6.07) is 13.3. The van der Waals surface area contributed by atoms with Crippen LogP contribution in [0.4, 0.5) is 0 Å². The molecule has 0 saturated carbocycles. The van der Waals surface area contributed by atoms with E-state index < -0.39 is 0 Å². The summed E-state index contributed by atoms with van der Waals surface area (Å²) in [6.45, 7) is 2.51. The molecule has 1 aromatic heterocycles. The molecule has 0 aliphatic rings. The molecule has 0 spiro atoms. The van der Waals surface area contributed by atoms with Crippen LogP contribution in [-0.4, -0.2) is 36.0 Å². The van der Waals surface area contributed by atoms with E-state index in [-0.39, 0.29) is 0 Å². The first-order valence-corrected chi connectivity index (χ1v) is 7.63. The SMILES string of the molecule is CCOc1ccc(-c2n[nH]c(-c3ccccc3OC)n2)cc1OC. The molecule has 0 atom stereocenters. The topological polar surface area (TPSA) is 69.3 Å².